The zero-order chi connectivity index (χ0) is 18.8. The van der Waals surface area contributed by atoms with Crippen molar-refractivity contribution in [2.75, 3.05) is 14.1 Å². The molecule has 0 saturated heterocycles. The number of likely N-dealkylation sites (N-methyl/N-ethyl adjacent to an activating group) is 1. The Morgan fingerprint density at radius 3 is 2.50 bits per heavy atom. The number of aromatic nitrogens is 1. The normalized spacial score (nSPS) is 11.4. The maximum atomic E-state index is 12.2. The Labute approximate surface area is 153 Å². The van der Waals surface area contributed by atoms with Gasteiger partial charge in [-0.2, -0.15) is 5.26 Å². The Kier molecular flexibility index (Phi) is 4.64. The number of nitrogens with zero attached hydrogens (tertiary/aromatic N) is 3. The summed E-state index contributed by atoms with van der Waals surface area (Å²) in [5.74, 6) is -0.289. The Hall–Kier alpha value is -3.32. The molecule has 3 rings (SSSR count). The first-order chi connectivity index (χ1) is 12.4. The molecule has 1 aromatic heterocycles. The summed E-state index contributed by atoms with van der Waals surface area (Å²) >= 11 is 0. The van der Waals surface area contributed by atoms with E-state index in [1.807, 2.05) is 44.2 Å². The predicted octanol–water partition coefficient (Wildman–Crippen LogP) is 4.24. The van der Waals surface area contributed by atoms with E-state index < -0.39 is 0 Å². The second-order valence-electron chi connectivity index (χ2n) is 6.53. The molecule has 0 aliphatic carbocycles. The SMILES string of the molecule is Cc1cc(/C=C(/C#N)C(=O)N(C)C)c(C)n1-c1cccc2ccccc12. The minimum absolute atomic E-state index is 0.133. The molecule has 4 nitrogen and oxygen atoms in total. The molecule has 0 spiro atoms. The average Bonchev–Trinajstić information content (AvgIpc) is 2.91. The minimum Gasteiger partial charge on any atom is -0.344 e. The number of hydrogen-bond donors (Lipinski definition) is 0. The van der Waals surface area contributed by atoms with Gasteiger partial charge in [-0.3, -0.25) is 4.79 Å². The summed E-state index contributed by atoms with van der Waals surface area (Å²) in [7, 11) is 3.29. The summed E-state index contributed by atoms with van der Waals surface area (Å²) in [6, 6.07) is 18.5. The molecule has 0 radical (unpaired) electrons. The second-order valence-corrected chi connectivity index (χ2v) is 6.53. The molecular formula is C22H21N3O. The fourth-order valence-electron chi connectivity index (χ4n) is 3.25. The molecule has 4 heteroatoms. The second kappa shape index (κ2) is 6.89. The summed E-state index contributed by atoms with van der Waals surface area (Å²) in [5.41, 5.74) is 4.16. The van der Waals surface area contributed by atoms with E-state index in [-0.39, 0.29) is 11.5 Å². The summed E-state index contributed by atoms with van der Waals surface area (Å²) in [5, 5.41) is 11.7. The Bertz CT molecular complexity index is 1060. The molecule has 0 atom stereocenters. The van der Waals surface area contributed by atoms with Crippen molar-refractivity contribution in [1.29, 1.82) is 5.26 Å². The number of rotatable bonds is 3. The van der Waals surface area contributed by atoms with Crippen LogP contribution in [0.3, 0.4) is 0 Å². The Balaban J connectivity index is 2.18. The highest BCUT2D eigenvalue weighted by Gasteiger charge is 2.15. The zero-order valence-corrected chi connectivity index (χ0v) is 15.4. The highest BCUT2D eigenvalue weighted by atomic mass is 16.2. The zero-order valence-electron chi connectivity index (χ0n) is 15.4. The average molecular weight is 343 g/mol. The molecule has 1 heterocycles. The molecule has 0 fully saturated rings. The van der Waals surface area contributed by atoms with Crippen molar-refractivity contribution in [2.45, 2.75) is 13.8 Å². The molecule has 0 N–H and O–H groups in total. The van der Waals surface area contributed by atoms with Crippen LogP contribution in [0.1, 0.15) is 17.0 Å². The van der Waals surface area contributed by atoms with Crippen LogP contribution in [0, 0.1) is 25.2 Å². The van der Waals surface area contributed by atoms with Crippen LogP contribution in [0.25, 0.3) is 22.5 Å². The molecule has 26 heavy (non-hydrogen) atoms. The van der Waals surface area contributed by atoms with Crippen LogP contribution < -0.4 is 0 Å². The highest BCUT2D eigenvalue weighted by Crippen LogP contribution is 2.28. The summed E-state index contributed by atoms with van der Waals surface area (Å²) in [6.07, 6.45) is 1.67. The number of hydrogen-bond acceptors (Lipinski definition) is 2. The molecule has 0 unspecified atom stereocenters. The predicted molar refractivity (Wildman–Crippen MR) is 105 cm³/mol. The first-order valence-corrected chi connectivity index (χ1v) is 8.44. The van der Waals surface area contributed by atoms with Crippen LogP contribution in [0.15, 0.2) is 54.1 Å². The number of amides is 1. The van der Waals surface area contributed by atoms with E-state index in [1.165, 1.54) is 10.3 Å². The topological polar surface area (TPSA) is 49.0 Å². The molecule has 2 aromatic carbocycles. The number of fused-ring (bicyclic) bond motifs is 1. The van der Waals surface area contributed by atoms with E-state index in [9.17, 15) is 10.1 Å². The fraction of sp³-hybridized carbons (Fsp3) is 0.182. The monoisotopic (exact) mass is 343 g/mol. The molecular weight excluding hydrogens is 322 g/mol. The van der Waals surface area contributed by atoms with Crippen LogP contribution in [0.4, 0.5) is 0 Å². The van der Waals surface area contributed by atoms with Gasteiger partial charge in [0.1, 0.15) is 11.6 Å². The molecule has 0 aliphatic heterocycles. The Morgan fingerprint density at radius 1 is 1.12 bits per heavy atom. The van der Waals surface area contributed by atoms with Crippen molar-refractivity contribution < 1.29 is 4.79 Å². The molecule has 0 aliphatic rings. The number of carbonyl (C=O) groups excluding carboxylic acids is 1. The van der Waals surface area contributed by atoms with E-state index in [0.717, 1.165) is 28.0 Å². The smallest absolute Gasteiger partial charge is 0.264 e. The van der Waals surface area contributed by atoms with Gasteiger partial charge in [-0.15, -0.1) is 0 Å². The quantitative estimate of drug-likeness (QED) is 0.527. The van der Waals surface area contributed by atoms with Crippen LogP contribution in [-0.2, 0) is 4.79 Å². The third-order valence-corrected chi connectivity index (χ3v) is 4.53. The van der Waals surface area contributed by atoms with Gasteiger partial charge >= 0.3 is 0 Å². The summed E-state index contributed by atoms with van der Waals surface area (Å²) < 4.78 is 2.17. The van der Waals surface area contributed by atoms with Crippen molar-refractivity contribution in [3.8, 4) is 11.8 Å². The standard InChI is InChI=1S/C22H21N3O/c1-15-12-18(13-19(14-23)22(26)24(3)4)16(2)25(15)21-11-7-9-17-8-5-6-10-20(17)21/h5-13H,1-4H3/b19-13-. The first-order valence-electron chi connectivity index (χ1n) is 8.44. The van der Waals surface area contributed by atoms with Crippen LogP contribution in [0.5, 0.6) is 0 Å². The molecule has 3 aromatic rings. The molecule has 1 amide bonds. The number of benzene rings is 2. The number of nitriles is 1. The van der Waals surface area contributed by atoms with E-state index in [2.05, 4.69) is 28.8 Å². The summed E-state index contributed by atoms with van der Waals surface area (Å²) in [4.78, 5) is 13.6. The highest BCUT2D eigenvalue weighted by molar-refractivity contribution is 6.01. The van der Waals surface area contributed by atoms with Gasteiger partial charge < -0.3 is 9.47 Å². The van der Waals surface area contributed by atoms with E-state index in [0.29, 0.717) is 0 Å². The van der Waals surface area contributed by atoms with Gasteiger partial charge in [0.25, 0.3) is 5.91 Å². The van der Waals surface area contributed by atoms with Gasteiger partial charge in [0, 0.05) is 30.9 Å². The van der Waals surface area contributed by atoms with Gasteiger partial charge in [0.2, 0.25) is 0 Å². The van der Waals surface area contributed by atoms with E-state index >= 15 is 0 Å². The van der Waals surface area contributed by atoms with Gasteiger partial charge in [0.05, 0.1) is 5.69 Å². The van der Waals surface area contributed by atoms with Crippen LogP contribution >= 0.6 is 0 Å². The minimum atomic E-state index is -0.289. The van der Waals surface area contributed by atoms with Crippen molar-refractivity contribution in [3.05, 3.63) is 71.1 Å². The molecule has 0 saturated carbocycles. The molecule has 0 bridgehead atoms. The lowest BCUT2D eigenvalue weighted by Crippen LogP contribution is -2.22. The van der Waals surface area contributed by atoms with Gasteiger partial charge in [-0.25, -0.2) is 0 Å². The van der Waals surface area contributed by atoms with Crippen molar-refractivity contribution in [1.82, 2.24) is 9.47 Å². The van der Waals surface area contributed by atoms with Gasteiger partial charge in [0.15, 0.2) is 0 Å². The maximum absolute atomic E-state index is 12.2. The Morgan fingerprint density at radius 2 is 1.81 bits per heavy atom. The first kappa shape index (κ1) is 17.5. The van der Waals surface area contributed by atoms with E-state index in [4.69, 9.17) is 0 Å². The van der Waals surface area contributed by atoms with Crippen molar-refractivity contribution in [2.24, 2.45) is 0 Å². The number of aryl methyl sites for hydroxylation is 1. The lowest BCUT2D eigenvalue weighted by atomic mass is 10.1. The largest absolute Gasteiger partial charge is 0.344 e. The van der Waals surface area contributed by atoms with Crippen molar-refractivity contribution >= 4 is 22.8 Å². The van der Waals surface area contributed by atoms with Gasteiger partial charge in [-0.1, -0.05) is 36.4 Å². The summed E-state index contributed by atoms with van der Waals surface area (Å²) in [6.45, 7) is 4.04. The fourth-order valence-corrected chi connectivity index (χ4v) is 3.25. The maximum Gasteiger partial charge on any atom is 0.264 e. The lowest BCUT2D eigenvalue weighted by molar-refractivity contribution is -0.124. The lowest BCUT2D eigenvalue weighted by Gasteiger charge is -2.13. The third-order valence-electron chi connectivity index (χ3n) is 4.53. The molecule has 130 valence electrons. The van der Waals surface area contributed by atoms with Gasteiger partial charge in [-0.05, 0) is 43.0 Å². The van der Waals surface area contributed by atoms with E-state index in [1.54, 1.807) is 20.2 Å². The van der Waals surface area contributed by atoms with Crippen LogP contribution in [0.2, 0.25) is 0 Å². The number of carbonyl (C=O) groups is 1. The third kappa shape index (κ3) is 3.00. The van der Waals surface area contributed by atoms with Crippen LogP contribution in [-0.4, -0.2) is 29.5 Å². The van der Waals surface area contributed by atoms with Crippen molar-refractivity contribution in [3.63, 3.8) is 0 Å².